The predicted molar refractivity (Wildman–Crippen MR) is 52.0 cm³/mol. The van der Waals surface area contributed by atoms with Gasteiger partial charge in [0.15, 0.2) is 5.82 Å². The molecule has 0 heterocycles. The van der Waals surface area contributed by atoms with E-state index in [2.05, 4.69) is 0 Å². The topological polar surface area (TPSA) is 89.3 Å². The van der Waals surface area contributed by atoms with Gasteiger partial charge in [0.2, 0.25) is 15.9 Å². The molecule has 0 atom stereocenters. The van der Waals surface area contributed by atoms with Gasteiger partial charge in [-0.2, -0.15) is 0 Å². The number of benzene rings is 1. The molecule has 0 radical (unpaired) electrons. The van der Waals surface area contributed by atoms with E-state index in [0.29, 0.717) is 12.1 Å². The SMILES string of the molecule is CC(=O)Nc1c(F)ccc(S(N)(=O)=O)c1F. The van der Waals surface area contributed by atoms with Crippen molar-refractivity contribution in [3.8, 4) is 0 Å². The molecule has 0 spiro atoms. The Labute approximate surface area is 90.3 Å². The average molecular weight is 250 g/mol. The first-order valence-corrected chi connectivity index (χ1v) is 5.56. The van der Waals surface area contributed by atoms with Crippen LogP contribution in [0.15, 0.2) is 17.0 Å². The van der Waals surface area contributed by atoms with E-state index in [1.807, 2.05) is 5.32 Å². The highest BCUT2D eigenvalue weighted by Gasteiger charge is 2.21. The van der Waals surface area contributed by atoms with Crippen LogP contribution in [-0.2, 0) is 14.8 Å². The summed E-state index contributed by atoms with van der Waals surface area (Å²) in [6.07, 6.45) is 0. The third-order valence-electron chi connectivity index (χ3n) is 1.66. The average Bonchev–Trinajstić information content (AvgIpc) is 2.09. The first-order valence-electron chi connectivity index (χ1n) is 4.02. The molecule has 1 aromatic rings. The summed E-state index contributed by atoms with van der Waals surface area (Å²) in [5.41, 5.74) is -0.834. The molecule has 0 aliphatic rings. The van der Waals surface area contributed by atoms with Crippen LogP contribution < -0.4 is 10.5 Å². The highest BCUT2D eigenvalue weighted by molar-refractivity contribution is 7.89. The van der Waals surface area contributed by atoms with E-state index in [0.717, 1.165) is 6.92 Å². The van der Waals surface area contributed by atoms with Crippen LogP contribution in [-0.4, -0.2) is 14.3 Å². The van der Waals surface area contributed by atoms with Gasteiger partial charge in [-0.25, -0.2) is 22.3 Å². The maximum atomic E-state index is 13.5. The second-order valence-corrected chi connectivity index (χ2v) is 4.49. The van der Waals surface area contributed by atoms with Crippen LogP contribution >= 0.6 is 0 Å². The zero-order valence-corrected chi connectivity index (χ0v) is 8.94. The van der Waals surface area contributed by atoms with Crippen LogP contribution in [0.1, 0.15) is 6.92 Å². The van der Waals surface area contributed by atoms with Crippen molar-refractivity contribution in [1.29, 1.82) is 0 Å². The van der Waals surface area contributed by atoms with Gasteiger partial charge in [0, 0.05) is 6.92 Å². The van der Waals surface area contributed by atoms with Crippen LogP contribution in [0.25, 0.3) is 0 Å². The number of hydrogen-bond acceptors (Lipinski definition) is 3. The zero-order valence-electron chi connectivity index (χ0n) is 8.12. The van der Waals surface area contributed by atoms with Crippen LogP contribution in [0.3, 0.4) is 0 Å². The van der Waals surface area contributed by atoms with E-state index in [1.54, 1.807) is 0 Å². The Kier molecular flexibility index (Phi) is 3.24. The summed E-state index contributed by atoms with van der Waals surface area (Å²) in [6.45, 7) is 1.03. The van der Waals surface area contributed by atoms with Crippen molar-refractivity contribution < 1.29 is 22.0 Å². The monoisotopic (exact) mass is 250 g/mol. The summed E-state index contributed by atoms with van der Waals surface area (Å²) in [5.74, 6) is -3.23. The third-order valence-corrected chi connectivity index (χ3v) is 2.59. The Balaban J connectivity index is 3.44. The number of nitrogens with two attached hydrogens (primary N) is 1. The second kappa shape index (κ2) is 4.14. The van der Waals surface area contributed by atoms with Crippen molar-refractivity contribution in [3.63, 3.8) is 0 Å². The van der Waals surface area contributed by atoms with Gasteiger partial charge < -0.3 is 5.32 Å². The molecule has 0 aliphatic heterocycles. The molecule has 0 saturated carbocycles. The number of hydrogen-bond donors (Lipinski definition) is 2. The van der Waals surface area contributed by atoms with Crippen molar-refractivity contribution in [2.24, 2.45) is 5.14 Å². The fourth-order valence-electron chi connectivity index (χ4n) is 1.04. The highest BCUT2D eigenvalue weighted by atomic mass is 32.2. The number of sulfonamides is 1. The normalized spacial score (nSPS) is 11.2. The van der Waals surface area contributed by atoms with Crippen LogP contribution in [0, 0.1) is 11.6 Å². The number of amides is 1. The Morgan fingerprint density at radius 1 is 1.38 bits per heavy atom. The molecule has 88 valence electrons. The minimum atomic E-state index is -4.30. The standard InChI is InChI=1S/C8H8F2N2O3S/c1-4(13)12-8-5(9)2-3-6(7(8)10)16(11,14)15/h2-3H,1H3,(H,12,13)(H2,11,14,15). The Hall–Kier alpha value is -1.54. The Bertz CT molecular complexity index is 542. The lowest BCUT2D eigenvalue weighted by atomic mass is 10.3. The van der Waals surface area contributed by atoms with Crippen LogP contribution in [0.4, 0.5) is 14.5 Å². The number of carbonyl (C=O) groups is 1. The van der Waals surface area contributed by atoms with E-state index in [9.17, 15) is 22.0 Å². The van der Waals surface area contributed by atoms with E-state index < -0.39 is 38.1 Å². The number of rotatable bonds is 2. The first-order chi connectivity index (χ1) is 7.23. The summed E-state index contributed by atoms with van der Waals surface area (Å²) < 4.78 is 48.4. The Morgan fingerprint density at radius 2 is 1.94 bits per heavy atom. The summed E-state index contributed by atoms with van der Waals surface area (Å²) in [6, 6.07) is 1.39. The van der Waals surface area contributed by atoms with Gasteiger partial charge in [-0.1, -0.05) is 0 Å². The summed E-state index contributed by atoms with van der Waals surface area (Å²) in [5, 5.41) is 6.55. The molecule has 1 amide bonds. The molecular weight excluding hydrogens is 242 g/mol. The van der Waals surface area contributed by atoms with Crippen molar-refractivity contribution in [1.82, 2.24) is 0 Å². The molecule has 3 N–H and O–H groups in total. The van der Waals surface area contributed by atoms with Crippen molar-refractivity contribution in [2.45, 2.75) is 11.8 Å². The van der Waals surface area contributed by atoms with E-state index >= 15 is 0 Å². The van der Waals surface area contributed by atoms with Gasteiger partial charge in [-0.15, -0.1) is 0 Å². The minimum Gasteiger partial charge on any atom is -0.321 e. The van der Waals surface area contributed by atoms with Crippen molar-refractivity contribution >= 4 is 21.6 Å². The van der Waals surface area contributed by atoms with Gasteiger partial charge in [-0.3, -0.25) is 4.79 Å². The molecule has 0 saturated heterocycles. The maximum absolute atomic E-state index is 13.5. The smallest absolute Gasteiger partial charge is 0.241 e. The summed E-state index contributed by atoms with van der Waals surface area (Å²) >= 11 is 0. The molecular formula is C8H8F2N2O3S. The van der Waals surface area contributed by atoms with Gasteiger partial charge in [0.05, 0.1) is 0 Å². The molecule has 0 aromatic heterocycles. The molecule has 8 heteroatoms. The van der Waals surface area contributed by atoms with E-state index in [-0.39, 0.29) is 0 Å². The largest absolute Gasteiger partial charge is 0.321 e. The lowest BCUT2D eigenvalue weighted by Gasteiger charge is -2.08. The summed E-state index contributed by atoms with van der Waals surface area (Å²) in [7, 11) is -4.30. The molecule has 0 aliphatic carbocycles. The number of primary sulfonamides is 1. The van der Waals surface area contributed by atoms with Gasteiger partial charge in [0.25, 0.3) is 0 Å². The predicted octanol–water partition coefficient (Wildman–Crippen LogP) is 0.571. The van der Waals surface area contributed by atoms with Gasteiger partial charge >= 0.3 is 0 Å². The van der Waals surface area contributed by atoms with Crippen molar-refractivity contribution in [3.05, 3.63) is 23.8 Å². The lowest BCUT2D eigenvalue weighted by Crippen LogP contribution is -2.17. The third kappa shape index (κ3) is 2.52. The van der Waals surface area contributed by atoms with E-state index in [4.69, 9.17) is 5.14 Å². The van der Waals surface area contributed by atoms with Crippen LogP contribution in [0.2, 0.25) is 0 Å². The number of nitrogens with one attached hydrogen (secondary N) is 1. The molecule has 0 fully saturated rings. The molecule has 16 heavy (non-hydrogen) atoms. The Morgan fingerprint density at radius 3 is 2.38 bits per heavy atom. The molecule has 0 bridgehead atoms. The van der Waals surface area contributed by atoms with Crippen molar-refractivity contribution in [2.75, 3.05) is 5.32 Å². The fourth-order valence-corrected chi connectivity index (χ4v) is 1.65. The van der Waals surface area contributed by atoms with Crippen LogP contribution in [0.5, 0.6) is 0 Å². The highest BCUT2D eigenvalue weighted by Crippen LogP contribution is 2.24. The number of anilines is 1. The first kappa shape index (κ1) is 12.5. The molecule has 5 nitrogen and oxygen atoms in total. The number of halogens is 2. The van der Waals surface area contributed by atoms with Gasteiger partial charge in [-0.05, 0) is 12.1 Å². The zero-order chi connectivity index (χ0) is 12.5. The fraction of sp³-hybridized carbons (Fsp3) is 0.125. The maximum Gasteiger partial charge on any atom is 0.241 e. The van der Waals surface area contributed by atoms with Gasteiger partial charge in [0.1, 0.15) is 16.4 Å². The van der Waals surface area contributed by atoms with E-state index in [1.165, 1.54) is 0 Å². The summed E-state index contributed by atoms with van der Waals surface area (Å²) in [4.78, 5) is 9.78. The second-order valence-electron chi connectivity index (χ2n) is 2.96. The lowest BCUT2D eigenvalue weighted by molar-refractivity contribution is -0.114. The quantitative estimate of drug-likeness (QED) is 0.804. The minimum absolute atomic E-state index is 0.686. The molecule has 1 rings (SSSR count). The molecule has 1 aromatic carbocycles. The number of carbonyl (C=O) groups excluding carboxylic acids is 1. The molecule has 0 unspecified atom stereocenters.